The Bertz CT molecular complexity index is 1060. The summed E-state index contributed by atoms with van der Waals surface area (Å²) in [4.78, 5) is 38.6. The monoisotopic (exact) mass is 349 g/mol. The highest BCUT2D eigenvalue weighted by Gasteiger charge is 2.27. The molecule has 1 aromatic heterocycles. The molecule has 3 rings (SSSR count). The maximum Gasteiger partial charge on any atom is 0.344 e. The fourth-order valence-corrected chi connectivity index (χ4v) is 3.15. The van der Waals surface area contributed by atoms with Crippen molar-refractivity contribution in [1.29, 1.82) is 0 Å². The van der Waals surface area contributed by atoms with Gasteiger partial charge in [-0.1, -0.05) is 42.0 Å². The molecular weight excluding hydrogens is 330 g/mol. The number of rotatable bonds is 4. The van der Waals surface area contributed by atoms with Gasteiger partial charge in [-0.05, 0) is 26.0 Å². The maximum absolute atomic E-state index is 13.2. The molecular formula is C21H19NO4. The molecule has 0 unspecified atom stereocenters. The Labute approximate surface area is 150 Å². The van der Waals surface area contributed by atoms with Crippen LogP contribution in [0.4, 0.5) is 0 Å². The summed E-state index contributed by atoms with van der Waals surface area (Å²) in [7, 11) is 1.20. The van der Waals surface area contributed by atoms with Gasteiger partial charge in [-0.3, -0.25) is 9.59 Å². The number of ketones is 1. The van der Waals surface area contributed by atoms with E-state index >= 15 is 0 Å². The Balaban J connectivity index is 2.49. The van der Waals surface area contributed by atoms with Gasteiger partial charge in [-0.25, -0.2) is 4.79 Å². The first-order valence-electron chi connectivity index (χ1n) is 8.34. The van der Waals surface area contributed by atoms with Gasteiger partial charge in [0.1, 0.15) is 5.56 Å². The first kappa shape index (κ1) is 17.6. The minimum atomic E-state index is -0.806. The van der Waals surface area contributed by atoms with Gasteiger partial charge < -0.3 is 9.30 Å². The first-order chi connectivity index (χ1) is 12.5. The van der Waals surface area contributed by atoms with Crippen LogP contribution in [0.5, 0.6) is 0 Å². The minimum Gasteiger partial charge on any atom is -0.465 e. The van der Waals surface area contributed by atoms with E-state index in [1.807, 2.05) is 26.0 Å². The number of nitrogens with zero attached hydrogens (tertiary/aromatic N) is 1. The molecule has 0 aliphatic carbocycles. The molecule has 2 aromatic carbocycles. The average Bonchev–Trinajstić information content (AvgIpc) is 2.67. The van der Waals surface area contributed by atoms with E-state index in [4.69, 9.17) is 4.74 Å². The fraction of sp³-hybridized carbons (Fsp3) is 0.190. The van der Waals surface area contributed by atoms with Gasteiger partial charge >= 0.3 is 5.97 Å². The van der Waals surface area contributed by atoms with Crippen molar-refractivity contribution < 1.29 is 14.3 Å². The van der Waals surface area contributed by atoms with Crippen molar-refractivity contribution in [3.63, 3.8) is 0 Å². The number of benzene rings is 2. The van der Waals surface area contributed by atoms with Crippen LogP contribution in [0.3, 0.4) is 0 Å². The molecule has 1 heterocycles. The number of methoxy groups -OCH3 is 1. The number of pyridine rings is 1. The van der Waals surface area contributed by atoms with E-state index < -0.39 is 11.5 Å². The van der Waals surface area contributed by atoms with E-state index in [2.05, 4.69) is 0 Å². The van der Waals surface area contributed by atoms with Gasteiger partial charge in [-0.15, -0.1) is 0 Å². The lowest BCUT2D eigenvalue weighted by molar-refractivity contribution is 0.0595. The summed E-state index contributed by atoms with van der Waals surface area (Å²) in [5.41, 5.74) is 1.31. The summed E-state index contributed by atoms with van der Waals surface area (Å²) in [6.45, 7) is 4.10. The Morgan fingerprint density at radius 3 is 2.35 bits per heavy atom. The standard InChI is InChI=1S/C21H19NO4/c1-4-22-16-11-10-13(2)12-15(16)17(18(20(22)24)21(25)26-3)19(23)14-8-6-5-7-9-14/h5-12H,4H2,1-3H3. The molecule has 0 aliphatic rings. The average molecular weight is 349 g/mol. The zero-order valence-electron chi connectivity index (χ0n) is 14.9. The van der Waals surface area contributed by atoms with Crippen molar-refractivity contribution >= 4 is 22.7 Å². The Hall–Kier alpha value is -3.21. The highest BCUT2D eigenvalue weighted by atomic mass is 16.5. The second-order valence-electron chi connectivity index (χ2n) is 6.01. The highest BCUT2D eigenvalue weighted by molar-refractivity contribution is 6.20. The van der Waals surface area contributed by atoms with E-state index in [-0.39, 0.29) is 16.9 Å². The van der Waals surface area contributed by atoms with Crippen LogP contribution in [0.1, 0.15) is 38.8 Å². The Morgan fingerprint density at radius 1 is 1.04 bits per heavy atom. The second-order valence-corrected chi connectivity index (χ2v) is 6.01. The molecule has 0 aliphatic heterocycles. The SMILES string of the molecule is CCn1c(=O)c(C(=O)OC)c(C(=O)c2ccccc2)c2cc(C)ccc21. The molecule has 0 N–H and O–H groups in total. The van der Waals surface area contributed by atoms with Gasteiger partial charge in [0.25, 0.3) is 5.56 Å². The van der Waals surface area contributed by atoms with Crippen LogP contribution in [0.2, 0.25) is 0 Å². The number of fused-ring (bicyclic) bond motifs is 1. The molecule has 0 bridgehead atoms. The van der Waals surface area contributed by atoms with Crippen LogP contribution in [-0.4, -0.2) is 23.4 Å². The van der Waals surface area contributed by atoms with Crippen LogP contribution < -0.4 is 5.56 Å². The molecule has 0 amide bonds. The predicted molar refractivity (Wildman–Crippen MR) is 99.8 cm³/mol. The smallest absolute Gasteiger partial charge is 0.344 e. The van der Waals surface area contributed by atoms with Crippen molar-refractivity contribution in [3.8, 4) is 0 Å². The zero-order chi connectivity index (χ0) is 18.8. The molecule has 0 fully saturated rings. The van der Waals surface area contributed by atoms with E-state index in [0.29, 0.717) is 23.0 Å². The maximum atomic E-state index is 13.2. The molecule has 0 saturated heterocycles. The van der Waals surface area contributed by atoms with Crippen LogP contribution in [0.25, 0.3) is 10.9 Å². The summed E-state index contributed by atoms with van der Waals surface area (Å²) in [5.74, 6) is -1.18. The topological polar surface area (TPSA) is 65.4 Å². The van der Waals surface area contributed by atoms with Crippen LogP contribution >= 0.6 is 0 Å². The number of carbonyl (C=O) groups is 2. The van der Waals surface area contributed by atoms with Crippen molar-refractivity contribution in [2.75, 3.05) is 7.11 Å². The third kappa shape index (κ3) is 2.81. The molecule has 0 saturated carbocycles. The number of esters is 1. The van der Waals surface area contributed by atoms with Crippen LogP contribution in [0.15, 0.2) is 53.3 Å². The molecule has 132 valence electrons. The predicted octanol–water partition coefficient (Wildman–Crippen LogP) is 3.35. The lowest BCUT2D eigenvalue weighted by Crippen LogP contribution is -2.30. The fourth-order valence-electron chi connectivity index (χ4n) is 3.15. The number of aromatic nitrogens is 1. The third-order valence-corrected chi connectivity index (χ3v) is 4.39. The zero-order valence-corrected chi connectivity index (χ0v) is 14.9. The lowest BCUT2D eigenvalue weighted by atomic mass is 9.94. The van der Waals surface area contributed by atoms with E-state index in [1.165, 1.54) is 11.7 Å². The highest BCUT2D eigenvalue weighted by Crippen LogP contribution is 2.25. The third-order valence-electron chi connectivity index (χ3n) is 4.39. The van der Waals surface area contributed by atoms with Gasteiger partial charge in [0.2, 0.25) is 0 Å². The van der Waals surface area contributed by atoms with Gasteiger partial charge in [-0.2, -0.15) is 0 Å². The molecule has 0 spiro atoms. The van der Waals surface area contributed by atoms with E-state index in [0.717, 1.165) is 5.56 Å². The number of aryl methyl sites for hydroxylation is 2. The molecule has 5 nitrogen and oxygen atoms in total. The van der Waals surface area contributed by atoms with Crippen molar-refractivity contribution in [3.05, 3.63) is 81.1 Å². The quantitative estimate of drug-likeness (QED) is 0.535. The summed E-state index contributed by atoms with van der Waals surface area (Å²) in [6, 6.07) is 14.1. The van der Waals surface area contributed by atoms with E-state index in [9.17, 15) is 14.4 Å². The minimum absolute atomic E-state index is 0.0939. The normalized spacial score (nSPS) is 10.7. The summed E-state index contributed by atoms with van der Waals surface area (Å²) in [5, 5.41) is 0.570. The number of hydrogen-bond acceptors (Lipinski definition) is 4. The summed E-state index contributed by atoms with van der Waals surface area (Å²) < 4.78 is 6.31. The summed E-state index contributed by atoms with van der Waals surface area (Å²) >= 11 is 0. The molecule has 5 heteroatoms. The van der Waals surface area contributed by atoms with Gasteiger partial charge in [0.15, 0.2) is 5.78 Å². The Morgan fingerprint density at radius 2 is 1.73 bits per heavy atom. The second kappa shape index (κ2) is 6.96. The lowest BCUT2D eigenvalue weighted by Gasteiger charge is -2.16. The van der Waals surface area contributed by atoms with Crippen LogP contribution in [0, 0.1) is 6.92 Å². The van der Waals surface area contributed by atoms with Gasteiger partial charge in [0.05, 0.1) is 18.2 Å². The summed E-state index contributed by atoms with van der Waals surface area (Å²) in [6.07, 6.45) is 0. The van der Waals surface area contributed by atoms with E-state index in [1.54, 1.807) is 36.4 Å². The molecule has 0 radical (unpaired) electrons. The Kier molecular flexibility index (Phi) is 4.71. The van der Waals surface area contributed by atoms with Crippen molar-refractivity contribution in [2.24, 2.45) is 0 Å². The number of carbonyl (C=O) groups excluding carboxylic acids is 2. The number of ether oxygens (including phenoxy) is 1. The molecule has 26 heavy (non-hydrogen) atoms. The van der Waals surface area contributed by atoms with Gasteiger partial charge in [0, 0.05) is 17.5 Å². The van der Waals surface area contributed by atoms with Crippen molar-refractivity contribution in [2.45, 2.75) is 20.4 Å². The van der Waals surface area contributed by atoms with Crippen molar-refractivity contribution in [1.82, 2.24) is 4.57 Å². The molecule has 3 aromatic rings. The van der Waals surface area contributed by atoms with Crippen LogP contribution in [-0.2, 0) is 11.3 Å². The molecule has 0 atom stereocenters. The number of hydrogen-bond donors (Lipinski definition) is 0. The largest absolute Gasteiger partial charge is 0.465 e. The first-order valence-corrected chi connectivity index (χ1v) is 8.34.